The summed E-state index contributed by atoms with van der Waals surface area (Å²) in [5.41, 5.74) is 0.289. The van der Waals surface area contributed by atoms with E-state index in [2.05, 4.69) is 9.72 Å². The van der Waals surface area contributed by atoms with Crippen molar-refractivity contribution in [3.63, 3.8) is 0 Å². The van der Waals surface area contributed by atoms with Crippen LogP contribution in [0.3, 0.4) is 0 Å². The fraction of sp³-hybridized carbons (Fsp3) is 0.455. The number of carbonyl (C=O) groups is 1. The van der Waals surface area contributed by atoms with Gasteiger partial charge in [-0.3, -0.25) is 4.79 Å². The number of hydrogen-bond acceptors (Lipinski definition) is 5. The van der Waals surface area contributed by atoms with Crippen molar-refractivity contribution >= 4 is 29.2 Å². The van der Waals surface area contributed by atoms with Gasteiger partial charge in [0.25, 0.3) is 0 Å². The van der Waals surface area contributed by atoms with Gasteiger partial charge in [0, 0.05) is 0 Å². The van der Waals surface area contributed by atoms with Crippen LogP contribution in [0.25, 0.3) is 0 Å². The third-order valence-corrected chi connectivity index (χ3v) is 2.56. The zero-order valence-electron chi connectivity index (χ0n) is 9.64. The van der Waals surface area contributed by atoms with E-state index in [1.165, 1.54) is 12.1 Å². The van der Waals surface area contributed by atoms with Gasteiger partial charge in [-0.1, -0.05) is 23.2 Å². The van der Waals surface area contributed by atoms with Crippen molar-refractivity contribution < 1.29 is 19.7 Å². The molecular weight excluding hydrogens is 281 g/mol. The molecule has 0 amide bonds. The van der Waals surface area contributed by atoms with Crippen LogP contribution in [-0.2, 0) is 9.53 Å². The molecule has 0 bridgehead atoms. The van der Waals surface area contributed by atoms with Gasteiger partial charge >= 0.3 is 5.97 Å². The third-order valence-electron chi connectivity index (χ3n) is 2.17. The minimum Gasteiger partial charge on any atom is -0.466 e. The summed E-state index contributed by atoms with van der Waals surface area (Å²) in [5.74, 6) is -0.588. The molecule has 0 aliphatic heterocycles. The lowest BCUT2D eigenvalue weighted by molar-refractivity contribution is -0.147. The number of ether oxygens (including phenoxy) is 1. The average Bonchev–Trinajstić information content (AvgIpc) is 2.26. The van der Waals surface area contributed by atoms with Crippen molar-refractivity contribution in [2.75, 3.05) is 6.61 Å². The van der Waals surface area contributed by atoms with Crippen LogP contribution >= 0.6 is 23.2 Å². The summed E-state index contributed by atoms with van der Waals surface area (Å²) in [6.07, 6.45) is -2.89. The Labute approximate surface area is 114 Å². The molecule has 0 aromatic carbocycles. The van der Waals surface area contributed by atoms with Gasteiger partial charge in [-0.25, -0.2) is 4.98 Å². The van der Waals surface area contributed by atoms with Crippen molar-refractivity contribution in [2.45, 2.75) is 25.6 Å². The van der Waals surface area contributed by atoms with E-state index < -0.39 is 18.2 Å². The molecule has 0 aliphatic rings. The Bertz CT molecular complexity index is 407. The lowest BCUT2D eigenvalue weighted by atomic mass is 10.0. The number of nitrogens with zero attached hydrogens (tertiary/aromatic N) is 1. The normalized spacial score (nSPS) is 14.1. The van der Waals surface area contributed by atoms with E-state index in [-0.39, 0.29) is 28.9 Å². The molecule has 1 heterocycles. The molecule has 0 saturated carbocycles. The van der Waals surface area contributed by atoms with Crippen LogP contribution in [0.2, 0.25) is 10.3 Å². The fourth-order valence-electron chi connectivity index (χ4n) is 1.38. The van der Waals surface area contributed by atoms with Crippen LogP contribution in [0.1, 0.15) is 25.0 Å². The molecule has 2 N–H and O–H groups in total. The highest BCUT2D eigenvalue weighted by molar-refractivity contribution is 6.32. The lowest BCUT2D eigenvalue weighted by Gasteiger charge is -2.17. The summed E-state index contributed by atoms with van der Waals surface area (Å²) in [4.78, 5) is 14.9. The van der Waals surface area contributed by atoms with Gasteiger partial charge in [0.05, 0.1) is 19.1 Å². The largest absolute Gasteiger partial charge is 0.466 e. The first-order chi connectivity index (χ1) is 8.43. The second kappa shape index (κ2) is 6.89. The van der Waals surface area contributed by atoms with E-state index in [4.69, 9.17) is 23.2 Å². The minimum absolute atomic E-state index is 0.0971. The van der Waals surface area contributed by atoms with E-state index in [1.54, 1.807) is 6.92 Å². The first-order valence-corrected chi connectivity index (χ1v) is 6.04. The predicted molar refractivity (Wildman–Crippen MR) is 66.5 cm³/mol. The number of pyridine rings is 1. The first kappa shape index (κ1) is 15.2. The maximum absolute atomic E-state index is 11.2. The number of halogens is 2. The highest BCUT2D eigenvalue weighted by Gasteiger charge is 2.22. The second-order valence-corrected chi connectivity index (χ2v) is 4.34. The van der Waals surface area contributed by atoms with Gasteiger partial charge in [-0.2, -0.15) is 0 Å². The van der Waals surface area contributed by atoms with Gasteiger partial charge in [0.2, 0.25) is 0 Å². The Morgan fingerprint density at radius 1 is 1.39 bits per heavy atom. The summed E-state index contributed by atoms with van der Waals surface area (Å²) >= 11 is 11.3. The summed E-state index contributed by atoms with van der Waals surface area (Å²) in [7, 11) is 0. The van der Waals surface area contributed by atoms with Crippen LogP contribution < -0.4 is 0 Å². The maximum Gasteiger partial charge on any atom is 0.308 e. The molecule has 0 aliphatic carbocycles. The van der Waals surface area contributed by atoms with Crippen LogP contribution in [0.15, 0.2) is 12.1 Å². The Morgan fingerprint density at radius 3 is 2.44 bits per heavy atom. The van der Waals surface area contributed by atoms with E-state index in [9.17, 15) is 15.0 Å². The van der Waals surface area contributed by atoms with Crippen molar-refractivity contribution in [2.24, 2.45) is 0 Å². The fourth-order valence-corrected chi connectivity index (χ4v) is 1.86. The van der Waals surface area contributed by atoms with Gasteiger partial charge in [-0.05, 0) is 24.6 Å². The third kappa shape index (κ3) is 4.42. The van der Waals surface area contributed by atoms with Crippen LogP contribution in [0.5, 0.6) is 0 Å². The average molecular weight is 294 g/mol. The zero-order chi connectivity index (χ0) is 13.7. The smallest absolute Gasteiger partial charge is 0.308 e. The molecule has 2 unspecified atom stereocenters. The van der Waals surface area contributed by atoms with E-state index >= 15 is 0 Å². The predicted octanol–water partition coefficient (Wildman–Crippen LogP) is 1.74. The Hall–Kier alpha value is -0.880. The molecule has 0 radical (unpaired) electrons. The van der Waals surface area contributed by atoms with Crippen LogP contribution in [-0.4, -0.2) is 33.9 Å². The van der Waals surface area contributed by atoms with Crippen LogP contribution in [0, 0.1) is 0 Å². The van der Waals surface area contributed by atoms with Crippen molar-refractivity contribution in [1.29, 1.82) is 0 Å². The molecule has 0 spiro atoms. The Kier molecular flexibility index (Phi) is 5.81. The van der Waals surface area contributed by atoms with Crippen molar-refractivity contribution in [3.05, 3.63) is 28.0 Å². The van der Waals surface area contributed by atoms with Gasteiger partial charge in [0.1, 0.15) is 16.4 Å². The molecule has 0 fully saturated rings. The first-order valence-electron chi connectivity index (χ1n) is 5.28. The van der Waals surface area contributed by atoms with Crippen molar-refractivity contribution in [3.8, 4) is 0 Å². The summed E-state index contributed by atoms with van der Waals surface area (Å²) in [5, 5.41) is 19.7. The topological polar surface area (TPSA) is 79.7 Å². The molecule has 0 saturated heterocycles. The summed E-state index contributed by atoms with van der Waals surface area (Å²) in [6.45, 7) is 1.87. The van der Waals surface area contributed by atoms with Crippen molar-refractivity contribution in [1.82, 2.24) is 4.98 Å². The number of aliphatic hydroxyl groups is 2. The van der Waals surface area contributed by atoms with E-state index in [0.717, 1.165) is 0 Å². The standard InChI is InChI=1S/C11H13Cl2NO4/c1-2-18-10(16)5-7(15)11(17)6-3-8(12)14-9(13)4-6/h3-4,7,11,15,17H,2,5H2,1H3. The number of aromatic nitrogens is 1. The monoisotopic (exact) mass is 293 g/mol. The molecule has 100 valence electrons. The molecule has 7 heteroatoms. The van der Waals surface area contributed by atoms with Gasteiger partial charge in [-0.15, -0.1) is 0 Å². The molecule has 1 rings (SSSR count). The van der Waals surface area contributed by atoms with Gasteiger partial charge in [0.15, 0.2) is 0 Å². The lowest BCUT2D eigenvalue weighted by Crippen LogP contribution is -2.23. The van der Waals surface area contributed by atoms with Crippen LogP contribution in [0.4, 0.5) is 0 Å². The second-order valence-electron chi connectivity index (χ2n) is 3.57. The molecular formula is C11H13Cl2NO4. The van der Waals surface area contributed by atoms with E-state index in [1.807, 2.05) is 0 Å². The number of esters is 1. The van der Waals surface area contributed by atoms with E-state index in [0.29, 0.717) is 0 Å². The number of aliphatic hydroxyl groups excluding tert-OH is 2. The quantitative estimate of drug-likeness (QED) is 0.638. The summed E-state index contributed by atoms with van der Waals surface area (Å²) in [6, 6.07) is 2.74. The van der Waals surface area contributed by atoms with Gasteiger partial charge < -0.3 is 14.9 Å². The Balaban J connectivity index is 2.73. The number of rotatable bonds is 5. The highest BCUT2D eigenvalue weighted by Crippen LogP contribution is 2.24. The molecule has 2 atom stereocenters. The highest BCUT2D eigenvalue weighted by atomic mass is 35.5. The Morgan fingerprint density at radius 2 is 1.94 bits per heavy atom. The summed E-state index contributed by atoms with van der Waals surface area (Å²) < 4.78 is 4.67. The molecule has 18 heavy (non-hydrogen) atoms. The SMILES string of the molecule is CCOC(=O)CC(O)C(O)c1cc(Cl)nc(Cl)c1. The number of carbonyl (C=O) groups excluding carboxylic acids is 1. The molecule has 1 aromatic heterocycles. The zero-order valence-corrected chi connectivity index (χ0v) is 11.1. The molecule has 5 nitrogen and oxygen atoms in total. The molecule has 1 aromatic rings. The minimum atomic E-state index is -1.29. The number of hydrogen-bond donors (Lipinski definition) is 2. The maximum atomic E-state index is 11.2.